The first-order chi connectivity index (χ1) is 4.74. The van der Waals surface area contributed by atoms with Crippen molar-refractivity contribution in [1.29, 1.82) is 0 Å². The summed E-state index contributed by atoms with van der Waals surface area (Å²) in [6.45, 7) is 0.785. The van der Waals surface area contributed by atoms with Gasteiger partial charge in [-0.2, -0.15) is 0 Å². The Kier molecular flexibility index (Phi) is 1.86. The number of rotatable bonds is 1. The maximum atomic E-state index is 10.6. The lowest BCUT2D eigenvalue weighted by Gasteiger charge is -2.21. The van der Waals surface area contributed by atoms with E-state index in [2.05, 4.69) is 10.6 Å². The van der Waals surface area contributed by atoms with Crippen LogP contribution in [0.3, 0.4) is 0 Å². The lowest BCUT2D eigenvalue weighted by atomic mass is 10.2. The molecule has 0 aromatic carbocycles. The zero-order valence-electron chi connectivity index (χ0n) is 5.39. The van der Waals surface area contributed by atoms with Crippen LogP contribution < -0.4 is 16.4 Å². The molecule has 1 aliphatic heterocycles. The van der Waals surface area contributed by atoms with Gasteiger partial charge in [-0.25, -0.2) is 0 Å². The predicted octanol–water partition coefficient (Wildman–Crippen LogP) is -2.44. The minimum atomic E-state index is -0.596. The summed E-state index contributed by atoms with van der Waals surface area (Å²) in [6.07, 6.45) is 0. The Morgan fingerprint density at radius 1 is 1.50 bits per heavy atom. The number of piperazine rings is 1. The first-order valence-electron chi connectivity index (χ1n) is 3.03. The fraction of sp³-hybridized carbons (Fsp3) is 0.600. The van der Waals surface area contributed by atoms with Crippen LogP contribution in [0.2, 0.25) is 0 Å². The molecule has 0 aromatic rings. The second kappa shape index (κ2) is 2.66. The topological polar surface area (TPSA) is 84.2 Å². The molecule has 1 saturated heterocycles. The third kappa shape index (κ3) is 1.24. The summed E-state index contributed by atoms with van der Waals surface area (Å²) in [5.74, 6) is -1.17. The Bertz CT molecular complexity index is 168. The van der Waals surface area contributed by atoms with Crippen molar-refractivity contribution < 1.29 is 9.59 Å². The van der Waals surface area contributed by atoms with Crippen LogP contribution in [0.4, 0.5) is 0 Å². The van der Waals surface area contributed by atoms with Gasteiger partial charge in [-0.05, 0) is 0 Å². The molecular weight excluding hydrogens is 134 g/mol. The van der Waals surface area contributed by atoms with E-state index in [0.29, 0.717) is 13.1 Å². The molecule has 56 valence electrons. The second-order valence-electron chi connectivity index (χ2n) is 2.12. The minimum absolute atomic E-state index is 0.106. The molecule has 0 aromatic heterocycles. The van der Waals surface area contributed by atoms with E-state index in [0.717, 1.165) is 0 Å². The molecule has 1 rings (SSSR count). The fourth-order valence-electron chi connectivity index (χ4n) is 0.740. The smallest absolute Gasteiger partial charge is 0.309 e. The molecule has 1 heterocycles. The highest BCUT2D eigenvalue weighted by Gasteiger charge is 2.23. The van der Waals surface area contributed by atoms with Crippen molar-refractivity contribution in [2.75, 3.05) is 13.1 Å². The molecule has 0 radical (unpaired) electrons. The van der Waals surface area contributed by atoms with Crippen LogP contribution >= 0.6 is 0 Å². The molecular formula is C5H9N3O2. The SMILES string of the molecule is NC[C@@H]1CNC(=O)C(=O)N1. The van der Waals surface area contributed by atoms with Gasteiger partial charge in [0.15, 0.2) is 0 Å². The van der Waals surface area contributed by atoms with Gasteiger partial charge < -0.3 is 16.4 Å². The molecule has 0 saturated carbocycles. The maximum Gasteiger partial charge on any atom is 0.309 e. The quantitative estimate of drug-likeness (QED) is 0.356. The Balaban J connectivity index is 2.48. The van der Waals surface area contributed by atoms with Crippen LogP contribution in [0.1, 0.15) is 0 Å². The van der Waals surface area contributed by atoms with Gasteiger partial charge in [0, 0.05) is 13.1 Å². The van der Waals surface area contributed by atoms with Crippen molar-refractivity contribution in [3.05, 3.63) is 0 Å². The van der Waals surface area contributed by atoms with Crippen LogP contribution in [-0.4, -0.2) is 30.9 Å². The van der Waals surface area contributed by atoms with Gasteiger partial charge >= 0.3 is 11.8 Å². The number of amides is 2. The standard InChI is InChI=1S/C5H9N3O2/c6-1-3-2-7-4(9)5(10)8-3/h3H,1-2,6H2,(H,7,9)(H,8,10)/t3-/m1/s1. The number of carbonyl (C=O) groups excluding carboxylic acids is 2. The van der Waals surface area contributed by atoms with Crippen LogP contribution in [0.15, 0.2) is 0 Å². The molecule has 5 heteroatoms. The van der Waals surface area contributed by atoms with Crippen LogP contribution in [-0.2, 0) is 9.59 Å². The summed E-state index contributed by atoms with van der Waals surface area (Å²) >= 11 is 0. The molecule has 10 heavy (non-hydrogen) atoms. The Labute approximate surface area is 58.0 Å². The van der Waals surface area contributed by atoms with Crippen molar-refractivity contribution in [1.82, 2.24) is 10.6 Å². The van der Waals surface area contributed by atoms with E-state index in [1.54, 1.807) is 0 Å². The second-order valence-corrected chi connectivity index (χ2v) is 2.12. The number of hydrogen-bond donors (Lipinski definition) is 3. The molecule has 1 atom stereocenters. The first kappa shape index (κ1) is 7.01. The Morgan fingerprint density at radius 3 is 2.70 bits per heavy atom. The number of nitrogens with one attached hydrogen (secondary N) is 2. The minimum Gasteiger partial charge on any atom is -0.346 e. The van der Waals surface area contributed by atoms with Gasteiger partial charge in [0.1, 0.15) is 0 Å². The normalized spacial score (nSPS) is 25.5. The number of nitrogens with two attached hydrogens (primary N) is 1. The van der Waals surface area contributed by atoms with Crippen LogP contribution in [0, 0.1) is 0 Å². The van der Waals surface area contributed by atoms with Gasteiger partial charge in [-0.3, -0.25) is 9.59 Å². The molecule has 0 aliphatic carbocycles. The molecule has 2 amide bonds. The van der Waals surface area contributed by atoms with Crippen molar-refractivity contribution >= 4 is 11.8 Å². The van der Waals surface area contributed by atoms with Crippen molar-refractivity contribution in [2.24, 2.45) is 5.73 Å². The summed E-state index contributed by atoms with van der Waals surface area (Å²) in [5.41, 5.74) is 5.24. The highest BCUT2D eigenvalue weighted by Crippen LogP contribution is 1.85. The molecule has 0 spiro atoms. The molecule has 0 unspecified atom stereocenters. The summed E-state index contributed by atoms with van der Waals surface area (Å²) in [5, 5.41) is 4.84. The average molecular weight is 143 g/mol. The largest absolute Gasteiger partial charge is 0.346 e. The van der Waals surface area contributed by atoms with Crippen molar-refractivity contribution in [3.8, 4) is 0 Å². The monoisotopic (exact) mass is 143 g/mol. The maximum absolute atomic E-state index is 10.6. The summed E-state index contributed by atoms with van der Waals surface area (Å²) < 4.78 is 0. The van der Waals surface area contributed by atoms with E-state index in [9.17, 15) is 9.59 Å². The van der Waals surface area contributed by atoms with Gasteiger partial charge in [0.05, 0.1) is 6.04 Å². The van der Waals surface area contributed by atoms with Crippen molar-refractivity contribution in [2.45, 2.75) is 6.04 Å². The molecule has 1 aliphatic rings. The third-order valence-electron chi connectivity index (χ3n) is 1.33. The van der Waals surface area contributed by atoms with Gasteiger partial charge in [-0.15, -0.1) is 0 Å². The van der Waals surface area contributed by atoms with Gasteiger partial charge in [0.25, 0.3) is 0 Å². The van der Waals surface area contributed by atoms with E-state index in [-0.39, 0.29) is 6.04 Å². The lowest BCUT2D eigenvalue weighted by molar-refractivity contribution is -0.141. The predicted molar refractivity (Wildman–Crippen MR) is 34.0 cm³/mol. The Morgan fingerprint density at radius 2 is 2.20 bits per heavy atom. The number of carbonyl (C=O) groups is 2. The molecule has 5 nitrogen and oxygen atoms in total. The van der Waals surface area contributed by atoms with Crippen LogP contribution in [0.5, 0.6) is 0 Å². The van der Waals surface area contributed by atoms with E-state index in [4.69, 9.17) is 5.73 Å². The molecule has 1 fully saturated rings. The zero-order valence-corrected chi connectivity index (χ0v) is 5.39. The zero-order chi connectivity index (χ0) is 7.56. The summed E-state index contributed by atoms with van der Waals surface area (Å²) in [7, 11) is 0. The van der Waals surface area contributed by atoms with E-state index < -0.39 is 11.8 Å². The first-order valence-corrected chi connectivity index (χ1v) is 3.03. The fourth-order valence-corrected chi connectivity index (χ4v) is 0.740. The van der Waals surface area contributed by atoms with E-state index in [1.807, 2.05) is 0 Å². The highest BCUT2D eigenvalue weighted by molar-refractivity contribution is 6.35. The lowest BCUT2D eigenvalue weighted by Crippen LogP contribution is -2.58. The van der Waals surface area contributed by atoms with Crippen molar-refractivity contribution in [3.63, 3.8) is 0 Å². The number of hydrogen-bond acceptors (Lipinski definition) is 3. The van der Waals surface area contributed by atoms with Crippen LogP contribution in [0.25, 0.3) is 0 Å². The highest BCUT2D eigenvalue weighted by atomic mass is 16.2. The Hall–Kier alpha value is -1.10. The molecule has 0 bridgehead atoms. The van der Waals surface area contributed by atoms with Gasteiger partial charge in [-0.1, -0.05) is 0 Å². The average Bonchev–Trinajstić information content (AvgIpc) is 1.95. The third-order valence-corrected chi connectivity index (χ3v) is 1.33. The summed E-state index contributed by atoms with van der Waals surface area (Å²) in [4.78, 5) is 21.1. The van der Waals surface area contributed by atoms with Gasteiger partial charge in [0.2, 0.25) is 0 Å². The molecule has 4 N–H and O–H groups in total. The van der Waals surface area contributed by atoms with E-state index in [1.165, 1.54) is 0 Å². The van der Waals surface area contributed by atoms with E-state index >= 15 is 0 Å². The summed E-state index contributed by atoms with van der Waals surface area (Å²) in [6, 6.07) is -0.106.